The minimum absolute atomic E-state index is 2.59. The van der Waals surface area contributed by atoms with Gasteiger partial charge in [0.2, 0.25) is 6.17 Å². The Labute approximate surface area is 84.4 Å². The number of rotatable bonds is 6. The molecule has 0 N–H and O–H groups in total. The summed E-state index contributed by atoms with van der Waals surface area (Å²) in [5.74, 6) is -2.59. The summed E-state index contributed by atoms with van der Waals surface area (Å²) in [4.78, 5) is 19.8. The maximum absolute atomic E-state index is 12.5. The van der Waals surface area contributed by atoms with Crippen molar-refractivity contribution in [1.82, 2.24) is 0 Å². The van der Waals surface area contributed by atoms with Crippen LogP contribution in [0, 0.1) is 0 Å². The Hall–Kier alpha value is -1.15. The summed E-state index contributed by atoms with van der Waals surface area (Å²) in [6.07, 6.45) is -18.6. The Morgan fingerprint density at radius 1 is 0.750 bits per heavy atom. The molecule has 0 heterocycles. The van der Waals surface area contributed by atoms with Gasteiger partial charge in [-0.15, -0.1) is 0 Å². The number of hydrogen-bond acceptors (Lipinski definition) is 2. The summed E-state index contributed by atoms with van der Waals surface area (Å²) >= 11 is 0. The summed E-state index contributed by atoms with van der Waals surface area (Å²) in [6, 6.07) is -2.91. The zero-order valence-corrected chi connectivity index (χ0v) is 7.35. The van der Waals surface area contributed by atoms with Crippen LogP contribution in [0.5, 0.6) is 0 Å². The molecule has 0 bridgehead atoms. The number of carbonyl (C=O) groups excluding carboxylic acids is 2. The first-order valence-electron chi connectivity index (χ1n) is 3.78. The monoisotopic (exact) mass is 254 g/mol. The van der Waals surface area contributed by atoms with Gasteiger partial charge in [-0.05, 0) is 0 Å². The summed E-state index contributed by atoms with van der Waals surface area (Å²) in [5, 5.41) is 0. The third-order valence-electron chi connectivity index (χ3n) is 1.57. The highest BCUT2D eigenvalue weighted by Gasteiger charge is 2.44. The maximum atomic E-state index is 12.5. The third-order valence-corrected chi connectivity index (χ3v) is 1.57. The molecule has 0 aromatic heterocycles. The normalized spacial score (nSPS) is 19.0. The smallest absolute Gasteiger partial charge is 0.284 e. The third kappa shape index (κ3) is 3.46. The van der Waals surface area contributed by atoms with Gasteiger partial charge in [0.05, 0.1) is 0 Å². The van der Waals surface area contributed by atoms with Crippen molar-refractivity contribution in [2.75, 3.05) is 0 Å². The van der Waals surface area contributed by atoms with Crippen LogP contribution in [0.15, 0.2) is 0 Å². The molecule has 0 aliphatic carbocycles. The van der Waals surface area contributed by atoms with Gasteiger partial charge >= 0.3 is 6.04 Å². The van der Waals surface area contributed by atoms with Gasteiger partial charge in [0.25, 0.3) is 12.2 Å². The summed E-state index contributed by atoms with van der Waals surface area (Å²) in [6.45, 7) is 0. The van der Waals surface area contributed by atoms with Crippen LogP contribution < -0.4 is 0 Å². The van der Waals surface area contributed by atoms with Gasteiger partial charge in [0.1, 0.15) is 0 Å². The molecule has 2 nitrogen and oxygen atoms in total. The Balaban J connectivity index is 4.60. The fourth-order valence-corrected chi connectivity index (χ4v) is 0.729. The number of ketones is 1. The zero-order chi connectivity index (χ0) is 13.0. The van der Waals surface area contributed by atoms with Gasteiger partial charge in [0, 0.05) is 0 Å². The standard InChI is InChI=1S/C7H5F7O2/c8-1(2(9)4(11)6(12)13)3(10)5(15)7(14)16/h1-4,6H. The highest BCUT2D eigenvalue weighted by Crippen LogP contribution is 2.22. The van der Waals surface area contributed by atoms with Crippen molar-refractivity contribution in [3.63, 3.8) is 0 Å². The molecule has 0 radical (unpaired) electrons. The van der Waals surface area contributed by atoms with Crippen LogP contribution in [0.2, 0.25) is 0 Å². The van der Waals surface area contributed by atoms with Gasteiger partial charge in [-0.3, -0.25) is 9.59 Å². The van der Waals surface area contributed by atoms with Crippen molar-refractivity contribution >= 4 is 11.8 Å². The predicted molar refractivity (Wildman–Crippen MR) is 36.7 cm³/mol. The fourth-order valence-electron chi connectivity index (χ4n) is 0.729. The molecule has 4 atom stereocenters. The van der Waals surface area contributed by atoms with E-state index < -0.39 is 42.9 Å². The predicted octanol–water partition coefficient (Wildman–Crippen LogP) is 1.67. The van der Waals surface area contributed by atoms with Gasteiger partial charge in [0.15, 0.2) is 18.5 Å². The largest absolute Gasteiger partial charge is 0.370 e. The van der Waals surface area contributed by atoms with E-state index in [1.54, 1.807) is 0 Å². The van der Waals surface area contributed by atoms with Crippen molar-refractivity contribution < 1.29 is 40.3 Å². The van der Waals surface area contributed by atoms with Crippen molar-refractivity contribution in [2.45, 2.75) is 31.1 Å². The number of carbonyl (C=O) groups is 2. The first-order chi connectivity index (χ1) is 7.20. The molecule has 0 aliphatic heterocycles. The number of hydrogen-bond donors (Lipinski definition) is 0. The Bertz CT molecular complexity index is 269. The van der Waals surface area contributed by atoms with E-state index in [2.05, 4.69) is 0 Å². The van der Waals surface area contributed by atoms with E-state index in [1.165, 1.54) is 0 Å². The first-order valence-corrected chi connectivity index (χ1v) is 3.78. The van der Waals surface area contributed by atoms with E-state index in [4.69, 9.17) is 0 Å². The second kappa shape index (κ2) is 5.80. The van der Waals surface area contributed by atoms with E-state index in [-0.39, 0.29) is 0 Å². The van der Waals surface area contributed by atoms with Gasteiger partial charge < -0.3 is 0 Å². The Morgan fingerprint density at radius 3 is 1.50 bits per heavy atom. The molecular formula is C7H5F7O2. The summed E-state index contributed by atoms with van der Waals surface area (Å²) < 4.78 is 84.3. The number of halogens is 7. The average molecular weight is 254 g/mol. The molecule has 16 heavy (non-hydrogen) atoms. The molecule has 0 saturated heterocycles. The summed E-state index contributed by atoms with van der Waals surface area (Å²) in [7, 11) is 0. The van der Waals surface area contributed by atoms with Crippen LogP contribution >= 0.6 is 0 Å². The maximum Gasteiger partial charge on any atom is 0.370 e. The SMILES string of the molecule is O=C(F)C(=O)C(F)C(F)C(F)C(F)C(F)F. The van der Waals surface area contributed by atoms with Crippen LogP contribution in [-0.2, 0) is 9.59 Å². The van der Waals surface area contributed by atoms with Crippen molar-refractivity contribution in [2.24, 2.45) is 0 Å². The lowest BCUT2D eigenvalue weighted by Gasteiger charge is -2.18. The fraction of sp³-hybridized carbons (Fsp3) is 0.714. The zero-order valence-electron chi connectivity index (χ0n) is 7.35. The molecule has 4 unspecified atom stereocenters. The summed E-state index contributed by atoms with van der Waals surface area (Å²) in [5.41, 5.74) is 0. The van der Waals surface area contributed by atoms with Gasteiger partial charge in [-0.25, -0.2) is 26.3 Å². The number of Topliss-reactive ketones (excluding diaryl/α,β-unsaturated/α-hetero) is 1. The Kier molecular flexibility index (Phi) is 5.39. The Morgan fingerprint density at radius 2 is 1.19 bits per heavy atom. The average Bonchev–Trinajstić information content (AvgIpc) is 2.23. The topological polar surface area (TPSA) is 34.1 Å². The molecule has 0 spiro atoms. The second-order valence-corrected chi connectivity index (χ2v) is 2.71. The molecular weight excluding hydrogens is 249 g/mol. The lowest BCUT2D eigenvalue weighted by Crippen LogP contribution is -2.42. The van der Waals surface area contributed by atoms with Gasteiger partial charge in [-0.1, -0.05) is 0 Å². The molecule has 0 aromatic carbocycles. The molecule has 0 aromatic rings. The van der Waals surface area contributed by atoms with Crippen molar-refractivity contribution in [3.05, 3.63) is 0 Å². The highest BCUT2D eigenvalue weighted by atomic mass is 19.3. The van der Waals surface area contributed by atoms with Crippen molar-refractivity contribution in [3.8, 4) is 0 Å². The van der Waals surface area contributed by atoms with E-state index in [0.29, 0.717) is 0 Å². The number of alkyl halides is 6. The molecule has 0 saturated carbocycles. The van der Waals surface area contributed by atoms with Crippen LogP contribution in [0.4, 0.5) is 30.7 Å². The lowest BCUT2D eigenvalue weighted by atomic mass is 10.0. The minimum atomic E-state index is -3.93. The second-order valence-electron chi connectivity index (χ2n) is 2.71. The van der Waals surface area contributed by atoms with E-state index >= 15 is 0 Å². The van der Waals surface area contributed by atoms with Crippen LogP contribution in [0.1, 0.15) is 0 Å². The molecule has 94 valence electrons. The van der Waals surface area contributed by atoms with E-state index in [0.717, 1.165) is 0 Å². The highest BCUT2D eigenvalue weighted by molar-refractivity contribution is 6.35. The van der Waals surface area contributed by atoms with Crippen LogP contribution in [0.25, 0.3) is 0 Å². The van der Waals surface area contributed by atoms with E-state index in [1.807, 2.05) is 0 Å². The minimum Gasteiger partial charge on any atom is -0.284 e. The van der Waals surface area contributed by atoms with Crippen molar-refractivity contribution in [1.29, 1.82) is 0 Å². The molecule has 0 amide bonds. The molecule has 0 fully saturated rings. The van der Waals surface area contributed by atoms with E-state index in [9.17, 15) is 40.3 Å². The van der Waals surface area contributed by atoms with Crippen LogP contribution in [-0.4, -0.2) is 42.9 Å². The molecule has 0 aliphatic rings. The molecule has 0 rings (SSSR count). The van der Waals surface area contributed by atoms with Gasteiger partial charge in [-0.2, -0.15) is 4.39 Å². The first kappa shape index (κ1) is 14.8. The lowest BCUT2D eigenvalue weighted by molar-refractivity contribution is -0.148. The quantitative estimate of drug-likeness (QED) is 0.410. The van der Waals surface area contributed by atoms with Crippen LogP contribution in [0.3, 0.4) is 0 Å². The molecule has 9 heteroatoms.